The lowest BCUT2D eigenvalue weighted by molar-refractivity contribution is -0.130. The Morgan fingerprint density at radius 3 is 2.64 bits per heavy atom. The van der Waals surface area contributed by atoms with E-state index in [0.29, 0.717) is 18.0 Å². The van der Waals surface area contributed by atoms with Crippen LogP contribution < -0.4 is 31.9 Å². The third-order valence-corrected chi connectivity index (χ3v) is 8.18. The number of carbonyl (C=O) groups excluding carboxylic acids is 1. The van der Waals surface area contributed by atoms with Crippen LogP contribution in [0.4, 0.5) is 0 Å². The van der Waals surface area contributed by atoms with Crippen LogP contribution in [0.3, 0.4) is 0 Å². The van der Waals surface area contributed by atoms with Crippen molar-refractivity contribution in [3.8, 4) is 0 Å². The van der Waals surface area contributed by atoms with Crippen LogP contribution in [0, 0.1) is 17.8 Å². The Kier molecular flexibility index (Phi) is 9.42. The standard InChI is InChI=1S/C25H48N6O2/c1-16(2)33-23-13-18(8-11-27-23)24(32)29-20-7-6-17(3)22(14-20)31-25-28-12-9-21(30-25)19-5-4-10-26-15-19/h16-23,25-28,30-31H,4-15H2,1-3H3,(H,29,32). The fourth-order valence-corrected chi connectivity index (χ4v) is 6.21. The van der Waals surface area contributed by atoms with E-state index < -0.39 is 0 Å². The molecule has 1 amide bonds. The Labute approximate surface area is 200 Å². The van der Waals surface area contributed by atoms with Crippen LogP contribution in [0.2, 0.25) is 0 Å². The van der Waals surface area contributed by atoms with Crippen LogP contribution in [0.5, 0.6) is 0 Å². The predicted octanol–water partition coefficient (Wildman–Crippen LogP) is 1.23. The molecule has 0 aromatic carbocycles. The molecule has 4 fully saturated rings. The molecule has 0 bridgehead atoms. The first-order valence-electron chi connectivity index (χ1n) is 13.6. The van der Waals surface area contributed by atoms with Gasteiger partial charge in [-0.25, -0.2) is 0 Å². The molecule has 0 aromatic rings. The van der Waals surface area contributed by atoms with Crippen LogP contribution in [0.25, 0.3) is 0 Å². The highest BCUT2D eigenvalue weighted by molar-refractivity contribution is 5.79. The molecule has 0 radical (unpaired) electrons. The van der Waals surface area contributed by atoms with E-state index in [0.717, 1.165) is 57.7 Å². The van der Waals surface area contributed by atoms with Crippen molar-refractivity contribution in [2.24, 2.45) is 17.8 Å². The lowest BCUT2D eigenvalue weighted by atomic mass is 9.82. The van der Waals surface area contributed by atoms with Crippen molar-refractivity contribution in [1.29, 1.82) is 0 Å². The number of ether oxygens (including phenoxy) is 1. The molecule has 33 heavy (non-hydrogen) atoms. The molecule has 0 aromatic heterocycles. The molecule has 0 spiro atoms. The molecule has 6 N–H and O–H groups in total. The molecule has 190 valence electrons. The molecule has 8 unspecified atom stereocenters. The minimum absolute atomic E-state index is 0.00828. The van der Waals surface area contributed by atoms with Gasteiger partial charge in [-0.2, -0.15) is 0 Å². The van der Waals surface area contributed by atoms with E-state index in [1.807, 2.05) is 13.8 Å². The van der Waals surface area contributed by atoms with E-state index >= 15 is 0 Å². The topological polar surface area (TPSA) is 98.5 Å². The summed E-state index contributed by atoms with van der Waals surface area (Å²) >= 11 is 0. The first kappa shape index (κ1) is 25.3. The molecule has 4 rings (SSSR count). The minimum Gasteiger partial charge on any atom is -0.361 e. The van der Waals surface area contributed by atoms with E-state index in [4.69, 9.17) is 4.74 Å². The Bertz CT molecular complexity index is 614. The summed E-state index contributed by atoms with van der Waals surface area (Å²) in [6, 6.07) is 1.24. The number of nitrogens with one attached hydrogen (secondary N) is 6. The maximum atomic E-state index is 13.0. The second-order valence-corrected chi connectivity index (χ2v) is 11.2. The maximum absolute atomic E-state index is 13.0. The number of carbonyl (C=O) groups is 1. The Morgan fingerprint density at radius 1 is 1.00 bits per heavy atom. The maximum Gasteiger partial charge on any atom is 0.223 e. The molecule has 3 heterocycles. The monoisotopic (exact) mass is 464 g/mol. The van der Waals surface area contributed by atoms with E-state index in [1.54, 1.807) is 0 Å². The fourth-order valence-electron chi connectivity index (χ4n) is 6.21. The van der Waals surface area contributed by atoms with Gasteiger partial charge in [-0.3, -0.25) is 26.1 Å². The summed E-state index contributed by atoms with van der Waals surface area (Å²) in [4.78, 5) is 13.0. The minimum atomic E-state index is -0.00828. The summed E-state index contributed by atoms with van der Waals surface area (Å²) in [5.41, 5.74) is 0. The molecular weight excluding hydrogens is 416 g/mol. The summed E-state index contributed by atoms with van der Waals surface area (Å²) in [6.07, 6.45) is 9.01. The zero-order valence-electron chi connectivity index (χ0n) is 21.0. The van der Waals surface area contributed by atoms with Gasteiger partial charge >= 0.3 is 0 Å². The van der Waals surface area contributed by atoms with Gasteiger partial charge in [0.2, 0.25) is 5.91 Å². The summed E-state index contributed by atoms with van der Waals surface area (Å²) in [5, 5.41) is 21.7. The van der Waals surface area contributed by atoms with Crippen LogP contribution in [-0.2, 0) is 9.53 Å². The van der Waals surface area contributed by atoms with Gasteiger partial charge in [0, 0.05) is 24.0 Å². The number of piperidine rings is 2. The predicted molar refractivity (Wildman–Crippen MR) is 132 cm³/mol. The zero-order chi connectivity index (χ0) is 23.2. The zero-order valence-corrected chi connectivity index (χ0v) is 21.0. The van der Waals surface area contributed by atoms with Crippen molar-refractivity contribution < 1.29 is 9.53 Å². The Balaban J connectivity index is 1.25. The molecule has 8 nitrogen and oxygen atoms in total. The molecule has 3 aliphatic heterocycles. The molecule has 3 saturated heterocycles. The van der Waals surface area contributed by atoms with Crippen molar-refractivity contribution in [1.82, 2.24) is 31.9 Å². The molecule has 8 heteroatoms. The quantitative estimate of drug-likeness (QED) is 0.337. The second-order valence-electron chi connectivity index (χ2n) is 11.2. The highest BCUT2D eigenvalue weighted by Crippen LogP contribution is 2.27. The van der Waals surface area contributed by atoms with Gasteiger partial charge in [0.05, 0.1) is 6.10 Å². The van der Waals surface area contributed by atoms with Gasteiger partial charge in [-0.05, 0) is 103 Å². The molecular formula is C25H48N6O2. The summed E-state index contributed by atoms with van der Waals surface area (Å²) in [6.45, 7) is 10.6. The largest absolute Gasteiger partial charge is 0.361 e. The van der Waals surface area contributed by atoms with Gasteiger partial charge in [-0.1, -0.05) is 6.92 Å². The molecule has 1 saturated carbocycles. The molecule has 1 aliphatic carbocycles. The summed E-state index contributed by atoms with van der Waals surface area (Å²) in [5.74, 6) is 1.61. The van der Waals surface area contributed by atoms with E-state index in [2.05, 4.69) is 38.8 Å². The van der Waals surface area contributed by atoms with Gasteiger partial charge in [0.1, 0.15) is 12.5 Å². The van der Waals surface area contributed by atoms with Gasteiger partial charge in [-0.15, -0.1) is 0 Å². The van der Waals surface area contributed by atoms with E-state index in [9.17, 15) is 4.79 Å². The smallest absolute Gasteiger partial charge is 0.223 e. The Hall–Kier alpha value is -0.770. The molecule has 8 atom stereocenters. The SMILES string of the molecule is CC(C)OC1CC(C(=O)NC2CCC(C)C(NC3NCCC(C4CCCNC4)N3)C2)CCN1. The van der Waals surface area contributed by atoms with Crippen molar-refractivity contribution in [3.05, 3.63) is 0 Å². The Morgan fingerprint density at radius 2 is 1.85 bits per heavy atom. The van der Waals surface area contributed by atoms with Crippen molar-refractivity contribution >= 4 is 5.91 Å². The lowest BCUT2D eigenvalue weighted by Gasteiger charge is -2.43. The summed E-state index contributed by atoms with van der Waals surface area (Å²) in [7, 11) is 0. The van der Waals surface area contributed by atoms with E-state index in [-0.39, 0.29) is 36.5 Å². The van der Waals surface area contributed by atoms with Gasteiger partial charge < -0.3 is 15.4 Å². The van der Waals surface area contributed by atoms with Crippen LogP contribution >= 0.6 is 0 Å². The van der Waals surface area contributed by atoms with Gasteiger partial charge in [0.25, 0.3) is 0 Å². The summed E-state index contributed by atoms with van der Waals surface area (Å²) < 4.78 is 5.91. The number of amides is 1. The lowest BCUT2D eigenvalue weighted by Crippen LogP contribution is -2.66. The van der Waals surface area contributed by atoms with Gasteiger partial charge in [0.15, 0.2) is 0 Å². The average Bonchev–Trinajstić information content (AvgIpc) is 2.82. The van der Waals surface area contributed by atoms with Crippen LogP contribution in [0.1, 0.15) is 72.1 Å². The first-order chi connectivity index (χ1) is 16.0. The van der Waals surface area contributed by atoms with E-state index in [1.165, 1.54) is 25.8 Å². The third-order valence-electron chi connectivity index (χ3n) is 8.18. The number of hydrogen-bond donors (Lipinski definition) is 6. The average molecular weight is 465 g/mol. The number of rotatable bonds is 7. The van der Waals surface area contributed by atoms with Crippen molar-refractivity contribution in [2.45, 2.75) is 109 Å². The van der Waals surface area contributed by atoms with Crippen LogP contribution in [0.15, 0.2) is 0 Å². The van der Waals surface area contributed by atoms with Crippen LogP contribution in [-0.4, -0.2) is 68.8 Å². The fraction of sp³-hybridized carbons (Fsp3) is 0.960. The highest BCUT2D eigenvalue weighted by Gasteiger charge is 2.35. The van der Waals surface area contributed by atoms with Crippen molar-refractivity contribution in [2.75, 3.05) is 26.2 Å². The second kappa shape index (κ2) is 12.3. The van der Waals surface area contributed by atoms with Crippen molar-refractivity contribution in [3.63, 3.8) is 0 Å². The number of hydrogen-bond acceptors (Lipinski definition) is 7. The normalized spacial score (nSPS) is 40.5. The molecule has 4 aliphatic rings. The highest BCUT2D eigenvalue weighted by atomic mass is 16.5. The first-order valence-corrected chi connectivity index (χ1v) is 13.6. The third kappa shape index (κ3) is 7.36.